The van der Waals surface area contributed by atoms with Crippen molar-refractivity contribution in [2.24, 2.45) is 0 Å². The molecular weight excluding hydrogens is 379 g/mol. The second-order valence-electron chi connectivity index (χ2n) is 5.22. The number of carbonyl (C=O) groups excluding carboxylic acids is 2. The molecule has 27 heavy (non-hydrogen) atoms. The van der Waals surface area contributed by atoms with E-state index < -0.39 is 54.0 Å². The molecule has 0 saturated heterocycles. The van der Waals surface area contributed by atoms with Crippen LogP contribution in [0.15, 0.2) is 41.3 Å². The van der Waals surface area contributed by atoms with Gasteiger partial charge in [0.1, 0.15) is 6.54 Å². The molecule has 144 valence electrons. The van der Waals surface area contributed by atoms with Crippen LogP contribution in [0.2, 0.25) is 0 Å². The molecule has 0 saturated carbocycles. The molecule has 11 heteroatoms. The molecule has 0 atom stereocenters. The Morgan fingerprint density at radius 1 is 1.07 bits per heavy atom. The third kappa shape index (κ3) is 5.62. The Bertz CT molecular complexity index is 924. The number of rotatable bonds is 5. The fourth-order valence-electron chi connectivity index (χ4n) is 1.92. The highest BCUT2D eigenvalue weighted by Crippen LogP contribution is 2.27. The molecule has 1 aromatic carbocycles. The van der Waals surface area contributed by atoms with Gasteiger partial charge >= 0.3 is 12.1 Å². The zero-order chi connectivity index (χ0) is 20.2. The summed E-state index contributed by atoms with van der Waals surface area (Å²) < 4.78 is 68.7. The average molecular weight is 390 g/mol. The molecule has 1 aromatic heterocycles. The van der Waals surface area contributed by atoms with Crippen molar-refractivity contribution in [1.29, 1.82) is 0 Å². The van der Waals surface area contributed by atoms with Crippen LogP contribution < -0.4 is 10.9 Å². The van der Waals surface area contributed by atoms with Crippen LogP contribution in [0.5, 0.6) is 0 Å². The first-order valence-corrected chi connectivity index (χ1v) is 7.24. The van der Waals surface area contributed by atoms with E-state index in [0.29, 0.717) is 29.0 Å². The van der Waals surface area contributed by atoms with Gasteiger partial charge in [0.05, 0.1) is 5.56 Å². The van der Waals surface area contributed by atoms with Crippen LogP contribution in [-0.4, -0.2) is 23.1 Å². The lowest BCUT2D eigenvalue weighted by molar-refractivity contribution is -0.148. The average Bonchev–Trinajstić information content (AvgIpc) is 2.57. The number of hydrogen-bond donors (Lipinski definition) is 1. The number of anilines is 1. The number of alkyl halides is 3. The quantitative estimate of drug-likeness (QED) is 0.628. The molecule has 0 radical (unpaired) electrons. The highest BCUT2D eigenvalue weighted by molar-refractivity contribution is 5.92. The predicted octanol–water partition coefficient (Wildman–Crippen LogP) is 2.33. The molecule has 0 spiro atoms. The molecule has 0 aliphatic carbocycles. The second-order valence-corrected chi connectivity index (χ2v) is 5.22. The molecule has 1 heterocycles. The van der Waals surface area contributed by atoms with Gasteiger partial charge < -0.3 is 14.6 Å². The molecule has 0 fully saturated rings. The van der Waals surface area contributed by atoms with Crippen molar-refractivity contribution in [2.75, 3.05) is 11.9 Å². The third-order valence-electron chi connectivity index (χ3n) is 3.18. The summed E-state index contributed by atoms with van der Waals surface area (Å²) in [6.45, 7) is -1.69. The van der Waals surface area contributed by atoms with Crippen molar-refractivity contribution in [3.05, 3.63) is 64.1 Å². The summed E-state index contributed by atoms with van der Waals surface area (Å²) in [6.07, 6.45) is -4.26. The molecule has 0 aliphatic heterocycles. The summed E-state index contributed by atoms with van der Waals surface area (Å²) in [5, 5.41) is 2.13. The van der Waals surface area contributed by atoms with E-state index in [-0.39, 0.29) is 5.69 Å². The van der Waals surface area contributed by atoms with Crippen LogP contribution in [0, 0.1) is 11.6 Å². The van der Waals surface area contributed by atoms with Crippen molar-refractivity contribution >= 4 is 17.6 Å². The first-order chi connectivity index (χ1) is 12.6. The van der Waals surface area contributed by atoms with Crippen LogP contribution in [0.3, 0.4) is 0 Å². The minimum absolute atomic E-state index is 0.0935. The second kappa shape index (κ2) is 7.98. The number of amides is 1. The van der Waals surface area contributed by atoms with E-state index in [4.69, 9.17) is 0 Å². The topological polar surface area (TPSA) is 77.4 Å². The lowest BCUT2D eigenvalue weighted by Gasteiger charge is -2.11. The van der Waals surface area contributed by atoms with Gasteiger partial charge in [-0.05, 0) is 18.2 Å². The van der Waals surface area contributed by atoms with Crippen LogP contribution in [0.25, 0.3) is 0 Å². The van der Waals surface area contributed by atoms with Crippen LogP contribution >= 0.6 is 0 Å². The van der Waals surface area contributed by atoms with Gasteiger partial charge in [-0.15, -0.1) is 0 Å². The van der Waals surface area contributed by atoms with E-state index in [1.165, 1.54) is 0 Å². The Kier molecular flexibility index (Phi) is 5.93. The first kappa shape index (κ1) is 20.1. The Balaban J connectivity index is 1.93. The fourth-order valence-corrected chi connectivity index (χ4v) is 1.92. The number of esters is 1. The van der Waals surface area contributed by atoms with E-state index in [9.17, 15) is 36.3 Å². The van der Waals surface area contributed by atoms with Crippen molar-refractivity contribution in [2.45, 2.75) is 12.7 Å². The number of hydrogen-bond acceptors (Lipinski definition) is 4. The molecule has 0 bridgehead atoms. The largest absolute Gasteiger partial charge is 0.454 e. The van der Waals surface area contributed by atoms with Gasteiger partial charge in [-0.2, -0.15) is 13.2 Å². The first-order valence-electron chi connectivity index (χ1n) is 7.24. The summed E-state index contributed by atoms with van der Waals surface area (Å²) in [5.41, 5.74) is -2.10. The fraction of sp³-hybridized carbons (Fsp3) is 0.188. The zero-order valence-electron chi connectivity index (χ0n) is 13.3. The minimum atomic E-state index is -4.70. The maximum atomic E-state index is 13.0. The van der Waals surface area contributed by atoms with E-state index in [1.54, 1.807) is 0 Å². The Labute approximate surface area is 148 Å². The molecule has 1 N–H and O–H groups in total. The Morgan fingerprint density at radius 2 is 1.78 bits per heavy atom. The number of nitrogens with zero attached hydrogens (tertiary/aromatic N) is 1. The van der Waals surface area contributed by atoms with Crippen molar-refractivity contribution in [3.8, 4) is 0 Å². The van der Waals surface area contributed by atoms with Crippen LogP contribution in [-0.2, 0) is 27.0 Å². The number of carbonyl (C=O) groups is 2. The minimum Gasteiger partial charge on any atom is -0.454 e. The van der Waals surface area contributed by atoms with Crippen molar-refractivity contribution in [1.82, 2.24) is 4.57 Å². The van der Waals surface area contributed by atoms with Gasteiger partial charge in [0.2, 0.25) is 0 Å². The summed E-state index contributed by atoms with van der Waals surface area (Å²) in [5.74, 6) is -4.36. The Morgan fingerprint density at radius 3 is 2.41 bits per heavy atom. The number of halogens is 5. The number of benzene rings is 1. The van der Waals surface area contributed by atoms with Gasteiger partial charge in [-0.3, -0.25) is 14.4 Å². The maximum absolute atomic E-state index is 13.0. The smallest absolute Gasteiger partial charge is 0.417 e. The highest BCUT2D eigenvalue weighted by atomic mass is 19.4. The lowest BCUT2D eigenvalue weighted by atomic mass is 10.3. The van der Waals surface area contributed by atoms with Crippen LogP contribution in [0.1, 0.15) is 5.56 Å². The highest BCUT2D eigenvalue weighted by Gasteiger charge is 2.31. The van der Waals surface area contributed by atoms with E-state index >= 15 is 0 Å². The van der Waals surface area contributed by atoms with Gasteiger partial charge in [-0.25, -0.2) is 8.78 Å². The predicted molar refractivity (Wildman–Crippen MR) is 81.7 cm³/mol. The van der Waals surface area contributed by atoms with Gasteiger partial charge in [0, 0.05) is 24.0 Å². The molecule has 0 aliphatic rings. The van der Waals surface area contributed by atoms with Gasteiger partial charge in [-0.1, -0.05) is 0 Å². The molecule has 1 amide bonds. The standard InChI is InChI=1S/C16H11F5N2O4/c17-11-3-2-10(5-12(11)18)22-13(24)8-27-15(26)7-23-6-9(16(19,20)21)1-4-14(23)25/h1-6H,7-8H2,(H,22,24). The molecule has 2 aromatic rings. The lowest BCUT2D eigenvalue weighted by Crippen LogP contribution is -2.28. The monoisotopic (exact) mass is 390 g/mol. The van der Waals surface area contributed by atoms with Crippen molar-refractivity contribution < 1.29 is 36.3 Å². The van der Waals surface area contributed by atoms with Gasteiger partial charge in [0.15, 0.2) is 18.2 Å². The summed E-state index contributed by atoms with van der Waals surface area (Å²) in [6, 6.07) is 3.76. The van der Waals surface area contributed by atoms with Gasteiger partial charge in [0.25, 0.3) is 11.5 Å². The van der Waals surface area contributed by atoms with E-state index in [0.717, 1.165) is 12.1 Å². The number of aromatic nitrogens is 1. The summed E-state index contributed by atoms with van der Waals surface area (Å²) in [4.78, 5) is 34.7. The van der Waals surface area contributed by atoms with Crippen molar-refractivity contribution in [3.63, 3.8) is 0 Å². The number of ether oxygens (including phenoxy) is 1. The molecule has 6 nitrogen and oxygen atoms in total. The number of nitrogens with one attached hydrogen (secondary N) is 1. The normalized spacial score (nSPS) is 11.1. The molecule has 2 rings (SSSR count). The Hall–Kier alpha value is -3.24. The van der Waals surface area contributed by atoms with Crippen LogP contribution in [0.4, 0.5) is 27.6 Å². The van der Waals surface area contributed by atoms with E-state index in [2.05, 4.69) is 10.1 Å². The SMILES string of the molecule is O=C(COC(=O)Cn1cc(C(F)(F)F)ccc1=O)Nc1ccc(F)c(F)c1. The van der Waals surface area contributed by atoms with E-state index in [1.807, 2.05) is 0 Å². The maximum Gasteiger partial charge on any atom is 0.417 e. The third-order valence-corrected chi connectivity index (χ3v) is 3.18. The summed E-state index contributed by atoms with van der Waals surface area (Å²) in [7, 11) is 0. The molecule has 0 unspecified atom stereocenters. The summed E-state index contributed by atoms with van der Waals surface area (Å²) >= 11 is 0. The number of pyridine rings is 1. The molecular formula is C16H11F5N2O4. The zero-order valence-corrected chi connectivity index (χ0v) is 13.3.